The van der Waals surface area contributed by atoms with E-state index in [1.807, 2.05) is 30.3 Å². The monoisotopic (exact) mass is 171 g/mol. The van der Waals surface area contributed by atoms with Crippen molar-refractivity contribution in [2.45, 2.75) is 19.8 Å². The topological polar surface area (TPSA) is 23.8 Å². The molecule has 1 aromatic rings. The second-order valence-electron chi connectivity index (χ2n) is 2.89. The van der Waals surface area contributed by atoms with Gasteiger partial charge in [-0.05, 0) is 18.1 Å². The summed E-state index contributed by atoms with van der Waals surface area (Å²) in [6.45, 7) is 2.14. The zero-order chi connectivity index (χ0) is 9.52. The molecule has 1 aromatic carbocycles. The molecule has 0 aliphatic heterocycles. The summed E-state index contributed by atoms with van der Waals surface area (Å²) >= 11 is 0. The van der Waals surface area contributed by atoms with E-state index in [0.29, 0.717) is 0 Å². The maximum absolute atomic E-state index is 8.79. The van der Waals surface area contributed by atoms with Gasteiger partial charge in [0.25, 0.3) is 0 Å². The predicted molar refractivity (Wildman–Crippen MR) is 55.1 cm³/mol. The summed E-state index contributed by atoms with van der Waals surface area (Å²) in [6, 6.07) is 9.81. The van der Waals surface area contributed by atoms with E-state index in [-0.39, 0.29) is 0 Å². The van der Waals surface area contributed by atoms with Gasteiger partial charge in [0.2, 0.25) is 0 Å². The number of allylic oxidation sites excluding steroid dienone is 1. The van der Waals surface area contributed by atoms with Crippen LogP contribution in [0.2, 0.25) is 0 Å². The van der Waals surface area contributed by atoms with Crippen molar-refractivity contribution in [2.75, 3.05) is 0 Å². The van der Waals surface area contributed by atoms with Crippen molar-refractivity contribution >= 4 is 6.08 Å². The Kier molecular flexibility index (Phi) is 3.78. The summed E-state index contributed by atoms with van der Waals surface area (Å²) < 4.78 is 0. The molecule has 0 aliphatic rings. The lowest BCUT2D eigenvalue weighted by atomic mass is 10.1. The van der Waals surface area contributed by atoms with E-state index in [4.69, 9.17) is 5.26 Å². The average molecular weight is 171 g/mol. The number of unbranched alkanes of at least 4 members (excludes halogenated alkanes) is 1. The first kappa shape index (κ1) is 9.54. The smallest absolute Gasteiger partial charge is 0.0997 e. The van der Waals surface area contributed by atoms with E-state index in [1.54, 1.807) is 0 Å². The maximum atomic E-state index is 8.79. The number of nitrogens with zero attached hydrogens (tertiary/aromatic N) is 1. The molecule has 0 aromatic heterocycles. The van der Waals surface area contributed by atoms with Crippen molar-refractivity contribution in [3.63, 3.8) is 0 Å². The van der Waals surface area contributed by atoms with E-state index >= 15 is 0 Å². The molecule has 0 spiro atoms. The summed E-state index contributed by atoms with van der Waals surface area (Å²) in [5.41, 5.74) is 1.76. The Morgan fingerprint density at radius 2 is 2.15 bits per heavy atom. The number of rotatable bonds is 3. The molecule has 0 saturated heterocycles. The van der Waals surface area contributed by atoms with Crippen LogP contribution in [0.1, 0.15) is 30.9 Å². The van der Waals surface area contributed by atoms with Crippen LogP contribution in [-0.2, 0) is 0 Å². The van der Waals surface area contributed by atoms with Crippen LogP contribution in [0.4, 0.5) is 0 Å². The number of benzene rings is 1. The first-order chi connectivity index (χ1) is 6.38. The summed E-state index contributed by atoms with van der Waals surface area (Å²) in [5, 5.41) is 8.79. The van der Waals surface area contributed by atoms with Crippen LogP contribution in [0.15, 0.2) is 30.3 Å². The van der Waals surface area contributed by atoms with E-state index in [1.165, 1.54) is 0 Å². The maximum Gasteiger partial charge on any atom is 0.0997 e. The van der Waals surface area contributed by atoms with Gasteiger partial charge >= 0.3 is 0 Å². The molecule has 0 atom stereocenters. The number of nitriles is 1. The lowest BCUT2D eigenvalue weighted by Gasteiger charge is -1.95. The molecule has 0 radical (unpaired) electrons. The predicted octanol–water partition coefficient (Wildman–Crippen LogP) is 3.37. The van der Waals surface area contributed by atoms with Crippen LogP contribution >= 0.6 is 0 Å². The molecule has 0 unspecified atom stereocenters. The summed E-state index contributed by atoms with van der Waals surface area (Å²) in [6.07, 6.45) is 6.34. The fourth-order valence-corrected chi connectivity index (χ4v) is 1.12. The average Bonchev–Trinajstić information content (AvgIpc) is 2.19. The molecular formula is C12H13N. The van der Waals surface area contributed by atoms with Crippen molar-refractivity contribution in [3.8, 4) is 6.07 Å². The highest BCUT2D eigenvalue weighted by atomic mass is 14.2. The second kappa shape index (κ2) is 5.16. The van der Waals surface area contributed by atoms with Crippen LogP contribution in [0.5, 0.6) is 0 Å². The van der Waals surface area contributed by atoms with Crippen LogP contribution < -0.4 is 0 Å². The third kappa shape index (κ3) is 2.76. The Hall–Kier alpha value is -1.55. The second-order valence-corrected chi connectivity index (χ2v) is 2.89. The Balaban J connectivity index is 2.82. The minimum absolute atomic E-state index is 0.745. The zero-order valence-corrected chi connectivity index (χ0v) is 7.83. The fourth-order valence-electron chi connectivity index (χ4n) is 1.12. The van der Waals surface area contributed by atoms with Gasteiger partial charge in [-0.25, -0.2) is 0 Å². The Morgan fingerprint density at radius 3 is 2.85 bits per heavy atom. The quantitative estimate of drug-likeness (QED) is 0.684. The largest absolute Gasteiger partial charge is 0.192 e. The lowest BCUT2D eigenvalue weighted by Crippen LogP contribution is -1.79. The number of hydrogen-bond acceptors (Lipinski definition) is 1. The van der Waals surface area contributed by atoms with Crippen molar-refractivity contribution < 1.29 is 0 Å². The van der Waals surface area contributed by atoms with Gasteiger partial charge in [-0.15, -0.1) is 0 Å². The van der Waals surface area contributed by atoms with Crippen LogP contribution in [0.25, 0.3) is 6.08 Å². The third-order valence-corrected chi connectivity index (χ3v) is 1.83. The van der Waals surface area contributed by atoms with Crippen LogP contribution in [-0.4, -0.2) is 0 Å². The molecule has 0 saturated carbocycles. The summed E-state index contributed by atoms with van der Waals surface area (Å²) in [5.74, 6) is 0. The minimum atomic E-state index is 0.745. The zero-order valence-electron chi connectivity index (χ0n) is 7.83. The van der Waals surface area contributed by atoms with Crippen molar-refractivity contribution in [2.24, 2.45) is 0 Å². The van der Waals surface area contributed by atoms with Gasteiger partial charge in [0, 0.05) is 0 Å². The molecule has 0 amide bonds. The highest BCUT2D eigenvalue weighted by Gasteiger charge is 1.94. The van der Waals surface area contributed by atoms with Gasteiger partial charge < -0.3 is 0 Å². The normalized spacial score (nSPS) is 10.2. The molecule has 0 bridgehead atoms. The standard InChI is InChI=1S/C12H13N/c1-2-3-4-7-11-8-5-6-9-12(11)10-13/h4-9H,2-3H2,1H3/b7-4+. The molecular weight excluding hydrogens is 158 g/mol. The molecule has 0 aliphatic carbocycles. The van der Waals surface area contributed by atoms with E-state index in [0.717, 1.165) is 24.0 Å². The highest BCUT2D eigenvalue weighted by molar-refractivity contribution is 5.57. The Bertz CT molecular complexity index is 331. The van der Waals surface area contributed by atoms with Crippen molar-refractivity contribution in [1.29, 1.82) is 5.26 Å². The van der Waals surface area contributed by atoms with Crippen LogP contribution in [0.3, 0.4) is 0 Å². The third-order valence-electron chi connectivity index (χ3n) is 1.83. The van der Waals surface area contributed by atoms with Crippen molar-refractivity contribution in [1.82, 2.24) is 0 Å². The molecule has 1 rings (SSSR count). The summed E-state index contributed by atoms with van der Waals surface area (Å²) in [7, 11) is 0. The first-order valence-electron chi connectivity index (χ1n) is 4.54. The lowest BCUT2D eigenvalue weighted by molar-refractivity contribution is 0.962. The molecule has 1 heteroatoms. The molecule has 13 heavy (non-hydrogen) atoms. The SMILES string of the molecule is CCC/C=C/c1ccccc1C#N. The summed E-state index contributed by atoms with van der Waals surface area (Å²) in [4.78, 5) is 0. The Labute approximate surface area is 79.3 Å². The fraction of sp³-hybridized carbons (Fsp3) is 0.250. The van der Waals surface area contributed by atoms with Gasteiger partial charge in [0.1, 0.15) is 0 Å². The molecule has 0 N–H and O–H groups in total. The van der Waals surface area contributed by atoms with Crippen LogP contribution in [0, 0.1) is 11.3 Å². The first-order valence-corrected chi connectivity index (χ1v) is 4.54. The van der Waals surface area contributed by atoms with Crippen molar-refractivity contribution in [3.05, 3.63) is 41.5 Å². The Morgan fingerprint density at radius 1 is 1.38 bits per heavy atom. The van der Waals surface area contributed by atoms with E-state index in [2.05, 4.69) is 19.1 Å². The van der Waals surface area contributed by atoms with Gasteiger partial charge in [-0.1, -0.05) is 43.7 Å². The number of hydrogen-bond donors (Lipinski definition) is 0. The highest BCUT2D eigenvalue weighted by Crippen LogP contribution is 2.09. The van der Waals surface area contributed by atoms with E-state index < -0.39 is 0 Å². The van der Waals surface area contributed by atoms with Gasteiger partial charge in [-0.2, -0.15) is 5.26 Å². The van der Waals surface area contributed by atoms with Gasteiger partial charge in [0.05, 0.1) is 11.6 Å². The minimum Gasteiger partial charge on any atom is -0.192 e. The molecule has 0 heterocycles. The molecule has 0 fully saturated rings. The van der Waals surface area contributed by atoms with Gasteiger partial charge in [0.15, 0.2) is 0 Å². The molecule has 1 nitrogen and oxygen atoms in total. The van der Waals surface area contributed by atoms with E-state index in [9.17, 15) is 0 Å². The van der Waals surface area contributed by atoms with Gasteiger partial charge in [-0.3, -0.25) is 0 Å². The molecule has 66 valence electrons.